The summed E-state index contributed by atoms with van der Waals surface area (Å²) in [4.78, 5) is 17.2. The van der Waals surface area contributed by atoms with Crippen molar-refractivity contribution in [3.8, 4) is 5.75 Å². The fourth-order valence-electron chi connectivity index (χ4n) is 2.82. The number of fused-ring (bicyclic) bond motifs is 3. The van der Waals surface area contributed by atoms with E-state index in [9.17, 15) is 4.79 Å². The molecule has 0 amide bonds. The van der Waals surface area contributed by atoms with Crippen molar-refractivity contribution in [1.29, 1.82) is 0 Å². The van der Waals surface area contributed by atoms with Crippen LogP contribution in [0.25, 0.3) is 16.7 Å². The van der Waals surface area contributed by atoms with Crippen molar-refractivity contribution >= 4 is 22.5 Å². The SMILES string of the molecule is COc1ccccc1Cn1nc2c(N)nc3ccccc3n2c1=O. The molecule has 0 saturated carbocycles. The lowest BCUT2D eigenvalue weighted by atomic mass is 10.2. The zero-order valence-electron chi connectivity index (χ0n) is 13.0. The van der Waals surface area contributed by atoms with Crippen molar-refractivity contribution in [2.24, 2.45) is 0 Å². The van der Waals surface area contributed by atoms with E-state index >= 15 is 0 Å². The standard InChI is InChI=1S/C17H15N5O2/c1-24-14-9-5-2-6-11(14)10-21-17(23)22-13-8-4-3-7-12(13)19-15(18)16(22)20-21/h2-9H,10H2,1H3,(H2,18,19). The average Bonchev–Trinajstić information content (AvgIpc) is 2.93. The van der Waals surface area contributed by atoms with Crippen LogP contribution in [0, 0.1) is 0 Å². The Balaban J connectivity index is 1.95. The van der Waals surface area contributed by atoms with Crippen LogP contribution in [0.1, 0.15) is 5.56 Å². The summed E-state index contributed by atoms with van der Waals surface area (Å²) in [7, 11) is 1.60. The van der Waals surface area contributed by atoms with Gasteiger partial charge in [0.15, 0.2) is 5.82 Å². The zero-order chi connectivity index (χ0) is 16.7. The number of anilines is 1. The molecule has 0 unspecified atom stereocenters. The molecule has 4 aromatic rings. The number of rotatable bonds is 3. The molecule has 7 heteroatoms. The molecule has 0 radical (unpaired) electrons. The van der Waals surface area contributed by atoms with Gasteiger partial charge in [0.2, 0.25) is 5.65 Å². The minimum Gasteiger partial charge on any atom is -0.496 e. The van der Waals surface area contributed by atoms with Gasteiger partial charge in [-0.25, -0.2) is 18.9 Å². The van der Waals surface area contributed by atoms with Crippen molar-refractivity contribution in [3.05, 3.63) is 64.6 Å². The van der Waals surface area contributed by atoms with Crippen LogP contribution in [-0.4, -0.2) is 26.3 Å². The maximum Gasteiger partial charge on any atom is 0.351 e. The molecule has 120 valence electrons. The highest BCUT2D eigenvalue weighted by atomic mass is 16.5. The summed E-state index contributed by atoms with van der Waals surface area (Å²) in [6.07, 6.45) is 0. The summed E-state index contributed by atoms with van der Waals surface area (Å²) in [6, 6.07) is 14.9. The Bertz CT molecular complexity index is 1110. The maximum absolute atomic E-state index is 12.8. The highest BCUT2D eigenvalue weighted by Gasteiger charge is 2.15. The Morgan fingerprint density at radius 1 is 1.12 bits per heavy atom. The summed E-state index contributed by atoms with van der Waals surface area (Å²) in [5, 5.41) is 4.36. The summed E-state index contributed by atoms with van der Waals surface area (Å²) in [5.41, 5.74) is 8.27. The molecule has 0 aliphatic heterocycles. The third-order valence-corrected chi connectivity index (χ3v) is 3.94. The van der Waals surface area contributed by atoms with Gasteiger partial charge in [-0.1, -0.05) is 30.3 Å². The zero-order valence-corrected chi connectivity index (χ0v) is 13.0. The van der Waals surface area contributed by atoms with Crippen LogP contribution in [-0.2, 0) is 6.54 Å². The molecular formula is C17H15N5O2. The molecule has 0 saturated heterocycles. The largest absolute Gasteiger partial charge is 0.496 e. The Morgan fingerprint density at radius 2 is 1.88 bits per heavy atom. The number of aromatic nitrogens is 4. The highest BCUT2D eigenvalue weighted by molar-refractivity contribution is 5.81. The molecular weight excluding hydrogens is 306 g/mol. The molecule has 0 fully saturated rings. The predicted octanol–water partition coefficient (Wildman–Crippen LogP) is 1.68. The van der Waals surface area contributed by atoms with Gasteiger partial charge in [-0.15, -0.1) is 5.10 Å². The van der Waals surface area contributed by atoms with Crippen molar-refractivity contribution < 1.29 is 4.74 Å². The van der Waals surface area contributed by atoms with Crippen molar-refractivity contribution in [2.75, 3.05) is 12.8 Å². The van der Waals surface area contributed by atoms with E-state index < -0.39 is 0 Å². The third-order valence-electron chi connectivity index (χ3n) is 3.94. The number of nitrogens with two attached hydrogens (primary N) is 1. The normalized spacial score (nSPS) is 11.2. The van der Waals surface area contributed by atoms with Gasteiger partial charge in [-0.2, -0.15) is 0 Å². The predicted molar refractivity (Wildman–Crippen MR) is 91.3 cm³/mol. The number of para-hydroxylation sites is 3. The van der Waals surface area contributed by atoms with Crippen LogP contribution in [0.3, 0.4) is 0 Å². The number of nitrogens with zero attached hydrogens (tertiary/aromatic N) is 4. The first-order valence-corrected chi connectivity index (χ1v) is 7.44. The molecule has 2 aromatic carbocycles. The van der Waals surface area contributed by atoms with E-state index in [-0.39, 0.29) is 18.1 Å². The Hall–Kier alpha value is -3.35. The second kappa shape index (κ2) is 5.38. The van der Waals surface area contributed by atoms with E-state index in [1.807, 2.05) is 48.5 Å². The van der Waals surface area contributed by atoms with Gasteiger partial charge in [0.25, 0.3) is 0 Å². The number of methoxy groups -OCH3 is 1. The number of hydrogen-bond acceptors (Lipinski definition) is 5. The first kappa shape index (κ1) is 14.3. The van der Waals surface area contributed by atoms with Gasteiger partial charge in [-0.05, 0) is 18.2 Å². The van der Waals surface area contributed by atoms with Crippen LogP contribution in [0.2, 0.25) is 0 Å². The van der Waals surface area contributed by atoms with Crippen LogP contribution >= 0.6 is 0 Å². The van der Waals surface area contributed by atoms with Gasteiger partial charge in [0.05, 0.1) is 24.7 Å². The maximum atomic E-state index is 12.8. The van der Waals surface area contributed by atoms with Gasteiger partial charge in [-0.3, -0.25) is 0 Å². The van der Waals surface area contributed by atoms with Crippen LogP contribution in [0.4, 0.5) is 5.82 Å². The second-order valence-electron chi connectivity index (χ2n) is 5.40. The summed E-state index contributed by atoms with van der Waals surface area (Å²) in [5.74, 6) is 0.932. The van der Waals surface area contributed by atoms with Crippen molar-refractivity contribution in [1.82, 2.24) is 19.2 Å². The van der Waals surface area contributed by atoms with Crippen molar-refractivity contribution in [3.63, 3.8) is 0 Å². The molecule has 2 heterocycles. The number of ether oxygens (including phenoxy) is 1. The molecule has 0 bridgehead atoms. The van der Waals surface area contributed by atoms with E-state index in [0.29, 0.717) is 22.4 Å². The van der Waals surface area contributed by atoms with E-state index in [2.05, 4.69) is 10.1 Å². The molecule has 7 nitrogen and oxygen atoms in total. The van der Waals surface area contributed by atoms with E-state index in [4.69, 9.17) is 10.5 Å². The fraction of sp³-hybridized carbons (Fsp3) is 0.118. The topological polar surface area (TPSA) is 87.4 Å². The number of nitrogen functional groups attached to an aromatic ring is 1. The minimum absolute atomic E-state index is 0.226. The number of hydrogen-bond donors (Lipinski definition) is 1. The Morgan fingerprint density at radius 3 is 2.71 bits per heavy atom. The second-order valence-corrected chi connectivity index (χ2v) is 5.40. The molecule has 2 N–H and O–H groups in total. The first-order chi connectivity index (χ1) is 11.7. The summed E-state index contributed by atoms with van der Waals surface area (Å²) >= 11 is 0. The fourth-order valence-corrected chi connectivity index (χ4v) is 2.82. The first-order valence-electron chi connectivity index (χ1n) is 7.44. The molecule has 0 spiro atoms. The summed E-state index contributed by atoms with van der Waals surface area (Å²) < 4.78 is 8.20. The molecule has 0 atom stereocenters. The van der Waals surface area contributed by atoms with Crippen LogP contribution < -0.4 is 16.2 Å². The molecule has 24 heavy (non-hydrogen) atoms. The molecule has 0 aliphatic carbocycles. The van der Waals surface area contributed by atoms with Crippen LogP contribution in [0.15, 0.2) is 53.3 Å². The lowest BCUT2D eigenvalue weighted by Gasteiger charge is -2.06. The van der Waals surface area contributed by atoms with Gasteiger partial charge < -0.3 is 10.5 Å². The smallest absolute Gasteiger partial charge is 0.351 e. The third kappa shape index (κ3) is 2.10. The number of benzene rings is 2. The summed E-state index contributed by atoms with van der Waals surface area (Å²) in [6.45, 7) is 0.290. The molecule has 4 rings (SSSR count). The average molecular weight is 321 g/mol. The van der Waals surface area contributed by atoms with E-state index in [1.165, 1.54) is 9.08 Å². The Labute approximate surface area is 136 Å². The lowest BCUT2D eigenvalue weighted by Crippen LogP contribution is -2.22. The molecule has 0 aliphatic rings. The highest BCUT2D eigenvalue weighted by Crippen LogP contribution is 2.19. The van der Waals surface area contributed by atoms with Gasteiger partial charge in [0.1, 0.15) is 5.75 Å². The lowest BCUT2D eigenvalue weighted by molar-refractivity contribution is 0.407. The quantitative estimate of drug-likeness (QED) is 0.620. The Kier molecular flexibility index (Phi) is 3.19. The van der Waals surface area contributed by atoms with E-state index in [0.717, 1.165) is 5.56 Å². The van der Waals surface area contributed by atoms with Gasteiger partial charge in [0, 0.05) is 5.56 Å². The van der Waals surface area contributed by atoms with E-state index in [1.54, 1.807) is 7.11 Å². The monoisotopic (exact) mass is 321 g/mol. The van der Waals surface area contributed by atoms with Crippen LogP contribution in [0.5, 0.6) is 5.75 Å². The van der Waals surface area contributed by atoms with Gasteiger partial charge >= 0.3 is 5.69 Å². The minimum atomic E-state index is -0.263. The van der Waals surface area contributed by atoms with Crippen molar-refractivity contribution in [2.45, 2.75) is 6.54 Å². The molecule has 2 aromatic heterocycles.